The molecule has 234 valence electrons. The summed E-state index contributed by atoms with van der Waals surface area (Å²) in [5.74, 6) is -2.03. The SMILES string of the molecule is C=CCN(C(=O)C(CO)NC(=O)OC(C)(C)C)C(C(=O)NC(Cc1ccccc1)C(=O)OC(C)(C)C)c1ccc(C)cc1. The van der Waals surface area contributed by atoms with Crippen LogP contribution in [0.4, 0.5) is 4.79 Å². The molecule has 0 radical (unpaired) electrons. The summed E-state index contributed by atoms with van der Waals surface area (Å²) in [5.41, 5.74) is 0.536. The van der Waals surface area contributed by atoms with Crippen LogP contribution in [0.1, 0.15) is 64.3 Å². The minimum Gasteiger partial charge on any atom is -0.458 e. The molecule has 3 unspecified atom stereocenters. The number of aryl methyl sites for hydroxylation is 1. The summed E-state index contributed by atoms with van der Waals surface area (Å²) in [5, 5.41) is 15.3. The van der Waals surface area contributed by atoms with E-state index in [2.05, 4.69) is 17.2 Å². The fraction of sp³-hybridized carbons (Fsp3) is 0.455. The van der Waals surface area contributed by atoms with Gasteiger partial charge in [0.2, 0.25) is 11.8 Å². The number of nitrogens with zero attached hydrogens (tertiary/aromatic N) is 1. The van der Waals surface area contributed by atoms with Crippen molar-refractivity contribution in [3.8, 4) is 0 Å². The van der Waals surface area contributed by atoms with E-state index in [-0.39, 0.29) is 13.0 Å². The van der Waals surface area contributed by atoms with Crippen LogP contribution in [0.15, 0.2) is 67.3 Å². The average Bonchev–Trinajstić information content (AvgIpc) is 2.90. The number of carbonyl (C=O) groups is 4. The molecule has 10 nitrogen and oxygen atoms in total. The highest BCUT2D eigenvalue weighted by Gasteiger charge is 2.37. The highest BCUT2D eigenvalue weighted by Crippen LogP contribution is 2.24. The highest BCUT2D eigenvalue weighted by molar-refractivity contribution is 5.94. The Morgan fingerprint density at radius 2 is 1.47 bits per heavy atom. The zero-order chi connectivity index (χ0) is 32.4. The third-order valence-corrected chi connectivity index (χ3v) is 6.02. The van der Waals surface area contributed by atoms with Gasteiger partial charge in [-0.15, -0.1) is 6.58 Å². The van der Waals surface area contributed by atoms with E-state index in [0.717, 1.165) is 11.1 Å². The third kappa shape index (κ3) is 11.5. The number of hydrogen-bond acceptors (Lipinski definition) is 7. The van der Waals surface area contributed by atoms with Gasteiger partial charge in [0.25, 0.3) is 0 Å². The van der Waals surface area contributed by atoms with Gasteiger partial charge in [0.15, 0.2) is 0 Å². The molecule has 2 rings (SSSR count). The first-order chi connectivity index (χ1) is 20.0. The predicted octanol–water partition coefficient (Wildman–Crippen LogP) is 4.01. The number of hydrogen-bond donors (Lipinski definition) is 3. The molecule has 0 spiro atoms. The third-order valence-electron chi connectivity index (χ3n) is 6.02. The number of benzene rings is 2. The maximum atomic E-state index is 14.1. The van der Waals surface area contributed by atoms with Crippen LogP contribution in [0.25, 0.3) is 0 Å². The van der Waals surface area contributed by atoms with Gasteiger partial charge in [-0.25, -0.2) is 9.59 Å². The van der Waals surface area contributed by atoms with Gasteiger partial charge >= 0.3 is 12.1 Å². The van der Waals surface area contributed by atoms with E-state index in [1.165, 1.54) is 11.0 Å². The van der Waals surface area contributed by atoms with Crippen LogP contribution in [0.3, 0.4) is 0 Å². The molecule has 3 atom stereocenters. The van der Waals surface area contributed by atoms with Gasteiger partial charge in [-0.2, -0.15) is 0 Å². The zero-order valence-corrected chi connectivity index (χ0v) is 26.2. The highest BCUT2D eigenvalue weighted by atomic mass is 16.6. The van der Waals surface area contributed by atoms with Crippen LogP contribution in [0, 0.1) is 6.92 Å². The molecule has 0 saturated heterocycles. The Labute approximate surface area is 254 Å². The summed E-state index contributed by atoms with van der Waals surface area (Å²) in [6.45, 7) is 15.0. The predicted molar refractivity (Wildman–Crippen MR) is 164 cm³/mol. The van der Waals surface area contributed by atoms with Crippen LogP contribution in [-0.2, 0) is 30.3 Å². The molecule has 0 aliphatic rings. The van der Waals surface area contributed by atoms with Gasteiger partial charge in [0.1, 0.15) is 29.3 Å². The maximum Gasteiger partial charge on any atom is 0.408 e. The van der Waals surface area contributed by atoms with Gasteiger partial charge in [-0.1, -0.05) is 66.2 Å². The molecule has 3 N–H and O–H groups in total. The van der Waals surface area contributed by atoms with E-state index in [1.807, 2.05) is 37.3 Å². The van der Waals surface area contributed by atoms with Crippen LogP contribution in [0.5, 0.6) is 0 Å². The molecule has 0 aromatic heterocycles. The van der Waals surface area contributed by atoms with E-state index >= 15 is 0 Å². The zero-order valence-electron chi connectivity index (χ0n) is 26.2. The number of amides is 3. The Morgan fingerprint density at radius 3 is 1.98 bits per heavy atom. The Morgan fingerprint density at radius 1 is 0.884 bits per heavy atom. The second kappa shape index (κ2) is 15.3. The lowest BCUT2D eigenvalue weighted by molar-refractivity contribution is -0.159. The summed E-state index contributed by atoms with van der Waals surface area (Å²) in [6, 6.07) is 12.4. The molecule has 0 heterocycles. The normalized spacial score (nSPS) is 13.6. The van der Waals surface area contributed by atoms with Crippen molar-refractivity contribution in [2.45, 2.75) is 84.2 Å². The van der Waals surface area contributed by atoms with Crippen molar-refractivity contribution < 1.29 is 33.8 Å². The van der Waals surface area contributed by atoms with Crippen LogP contribution < -0.4 is 10.6 Å². The largest absolute Gasteiger partial charge is 0.458 e. The fourth-order valence-corrected chi connectivity index (χ4v) is 4.19. The van der Waals surface area contributed by atoms with E-state index < -0.39 is 59.8 Å². The first-order valence-corrected chi connectivity index (χ1v) is 14.2. The lowest BCUT2D eigenvalue weighted by Crippen LogP contribution is -2.56. The molecule has 3 amide bonds. The molecule has 0 saturated carbocycles. The first kappa shape index (κ1) is 35.0. The number of alkyl carbamates (subject to hydrolysis) is 1. The van der Waals surface area contributed by atoms with Gasteiger partial charge < -0.3 is 30.1 Å². The van der Waals surface area contributed by atoms with Crippen molar-refractivity contribution in [1.82, 2.24) is 15.5 Å². The van der Waals surface area contributed by atoms with Crippen molar-refractivity contribution in [2.24, 2.45) is 0 Å². The monoisotopic (exact) mass is 595 g/mol. The Hall–Kier alpha value is -4.18. The number of aliphatic hydroxyl groups excluding tert-OH is 1. The van der Waals surface area contributed by atoms with E-state index in [0.29, 0.717) is 5.56 Å². The number of aliphatic hydroxyl groups is 1. The molecule has 2 aromatic carbocycles. The van der Waals surface area contributed by atoms with Gasteiger partial charge in [-0.05, 0) is 59.6 Å². The number of rotatable bonds is 12. The van der Waals surface area contributed by atoms with Crippen molar-refractivity contribution in [3.05, 3.63) is 83.9 Å². The summed E-state index contributed by atoms with van der Waals surface area (Å²) in [4.78, 5) is 54.9. The standard InChI is InChI=1S/C33H45N3O7/c1-9-19-36(29(39)26(21-37)35-31(41)43-33(6,7)8)27(24-17-15-22(2)16-18-24)28(38)34-25(30(40)42-32(3,4)5)20-23-13-11-10-12-14-23/h9-18,25-27,37H,1,19-21H2,2-8H3,(H,34,38)(H,35,41). The van der Waals surface area contributed by atoms with Crippen molar-refractivity contribution in [1.29, 1.82) is 0 Å². The molecular formula is C33H45N3O7. The van der Waals surface area contributed by atoms with Gasteiger partial charge in [-0.3, -0.25) is 9.59 Å². The second-order valence-corrected chi connectivity index (χ2v) is 12.3. The molecule has 0 aliphatic heterocycles. The summed E-state index contributed by atoms with van der Waals surface area (Å²) < 4.78 is 10.9. The average molecular weight is 596 g/mol. The number of ether oxygens (including phenoxy) is 2. The van der Waals surface area contributed by atoms with E-state index in [9.17, 15) is 24.3 Å². The lowest BCUT2D eigenvalue weighted by atomic mass is 10.00. The van der Waals surface area contributed by atoms with Crippen LogP contribution in [0.2, 0.25) is 0 Å². The molecule has 43 heavy (non-hydrogen) atoms. The van der Waals surface area contributed by atoms with Crippen molar-refractivity contribution in [3.63, 3.8) is 0 Å². The maximum absolute atomic E-state index is 14.1. The molecule has 10 heteroatoms. The quantitative estimate of drug-likeness (QED) is 0.249. The van der Waals surface area contributed by atoms with Gasteiger partial charge in [0, 0.05) is 13.0 Å². The first-order valence-electron chi connectivity index (χ1n) is 14.2. The molecule has 0 aliphatic carbocycles. The number of carbonyl (C=O) groups excluding carboxylic acids is 4. The summed E-state index contributed by atoms with van der Waals surface area (Å²) in [7, 11) is 0. The Balaban J connectivity index is 2.51. The van der Waals surface area contributed by atoms with E-state index in [1.54, 1.807) is 65.8 Å². The molecule has 0 fully saturated rings. The number of nitrogens with one attached hydrogen (secondary N) is 2. The van der Waals surface area contributed by atoms with Crippen LogP contribution in [-0.4, -0.2) is 70.3 Å². The minimum absolute atomic E-state index is 0.104. The smallest absolute Gasteiger partial charge is 0.408 e. The minimum atomic E-state index is -1.42. The summed E-state index contributed by atoms with van der Waals surface area (Å²) >= 11 is 0. The fourth-order valence-electron chi connectivity index (χ4n) is 4.19. The molecule has 2 aromatic rings. The topological polar surface area (TPSA) is 134 Å². The Kier molecular flexibility index (Phi) is 12.5. The van der Waals surface area contributed by atoms with Gasteiger partial charge in [0.05, 0.1) is 6.61 Å². The molecular weight excluding hydrogens is 550 g/mol. The lowest BCUT2D eigenvalue weighted by Gasteiger charge is -2.34. The summed E-state index contributed by atoms with van der Waals surface area (Å²) in [6.07, 6.45) is 0.684. The Bertz CT molecular complexity index is 1250. The van der Waals surface area contributed by atoms with Crippen LogP contribution >= 0.6 is 0 Å². The van der Waals surface area contributed by atoms with E-state index in [4.69, 9.17) is 9.47 Å². The number of esters is 1. The molecule has 0 bridgehead atoms. The second-order valence-electron chi connectivity index (χ2n) is 12.3. The van der Waals surface area contributed by atoms with Crippen molar-refractivity contribution in [2.75, 3.05) is 13.2 Å². The van der Waals surface area contributed by atoms with Crippen molar-refractivity contribution >= 4 is 23.9 Å².